The SMILES string of the molecule is CCCc1nn(C)c(N2CCCC(O)C2)c1[N+](=O)[O-]. The molecule has 1 aromatic heterocycles. The lowest BCUT2D eigenvalue weighted by atomic mass is 10.1. The molecule has 1 N–H and O–H groups in total. The molecule has 7 nitrogen and oxygen atoms in total. The second-order valence-electron chi connectivity index (χ2n) is 4.99. The molecular weight excluding hydrogens is 248 g/mol. The van der Waals surface area contributed by atoms with Crippen molar-refractivity contribution in [2.45, 2.75) is 38.7 Å². The Bertz CT molecular complexity index is 472. The molecule has 1 unspecified atom stereocenters. The molecule has 19 heavy (non-hydrogen) atoms. The molecule has 1 aliphatic rings. The van der Waals surface area contributed by atoms with E-state index in [2.05, 4.69) is 5.10 Å². The van der Waals surface area contributed by atoms with Gasteiger partial charge >= 0.3 is 5.69 Å². The zero-order chi connectivity index (χ0) is 14.0. The highest BCUT2D eigenvalue weighted by atomic mass is 16.6. The first-order chi connectivity index (χ1) is 9.04. The summed E-state index contributed by atoms with van der Waals surface area (Å²) in [7, 11) is 1.72. The standard InChI is InChI=1S/C12H20N4O3/c1-3-5-10-11(16(18)19)12(14(2)13-10)15-7-4-6-9(17)8-15/h9,17H,3-8H2,1-2H3. The van der Waals surface area contributed by atoms with Crippen LogP contribution in [0.4, 0.5) is 11.5 Å². The fourth-order valence-electron chi connectivity index (χ4n) is 2.65. The van der Waals surface area contributed by atoms with E-state index in [1.54, 1.807) is 11.7 Å². The lowest BCUT2D eigenvalue weighted by Crippen LogP contribution is -2.39. The zero-order valence-electron chi connectivity index (χ0n) is 11.4. The summed E-state index contributed by atoms with van der Waals surface area (Å²) in [6.07, 6.45) is 2.59. The first-order valence-corrected chi connectivity index (χ1v) is 6.67. The van der Waals surface area contributed by atoms with E-state index < -0.39 is 6.10 Å². The van der Waals surface area contributed by atoms with Crippen LogP contribution in [0.25, 0.3) is 0 Å². The fourth-order valence-corrected chi connectivity index (χ4v) is 2.65. The molecule has 106 valence electrons. The van der Waals surface area contributed by atoms with Crippen LogP contribution in [0.3, 0.4) is 0 Å². The van der Waals surface area contributed by atoms with Crippen LogP contribution in [0.1, 0.15) is 31.9 Å². The Morgan fingerprint density at radius 3 is 2.89 bits per heavy atom. The molecule has 0 bridgehead atoms. The zero-order valence-corrected chi connectivity index (χ0v) is 11.4. The van der Waals surface area contributed by atoms with Gasteiger partial charge in [-0.1, -0.05) is 13.3 Å². The first-order valence-electron chi connectivity index (χ1n) is 6.67. The summed E-state index contributed by atoms with van der Waals surface area (Å²) in [6.45, 7) is 3.14. The highest BCUT2D eigenvalue weighted by Crippen LogP contribution is 2.33. The normalized spacial score (nSPS) is 19.7. The van der Waals surface area contributed by atoms with Gasteiger partial charge in [-0.2, -0.15) is 5.10 Å². The smallest absolute Gasteiger partial charge is 0.334 e. The van der Waals surface area contributed by atoms with Crippen LogP contribution in [-0.2, 0) is 13.5 Å². The van der Waals surface area contributed by atoms with Crippen LogP contribution in [-0.4, -0.2) is 39.0 Å². The predicted molar refractivity (Wildman–Crippen MR) is 71.3 cm³/mol. The number of aryl methyl sites for hydroxylation is 2. The Morgan fingerprint density at radius 2 is 2.32 bits per heavy atom. The van der Waals surface area contributed by atoms with Gasteiger partial charge in [0.15, 0.2) is 0 Å². The van der Waals surface area contributed by atoms with E-state index in [0.717, 1.165) is 25.8 Å². The molecule has 0 saturated carbocycles. The number of β-amino-alcohol motifs (C(OH)–C–C–N with tert-alkyl or cyclic N) is 1. The number of aliphatic hydroxyl groups is 1. The van der Waals surface area contributed by atoms with Crippen molar-refractivity contribution < 1.29 is 10.0 Å². The number of piperidine rings is 1. The second-order valence-corrected chi connectivity index (χ2v) is 4.99. The minimum atomic E-state index is -0.419. The third-order valence-corrected chi connectivity index (χ3v) is 3.43. The van der Waals surface area contributed by atoms with Crippen LogP contribution >= 0.6 is 0 Å². The molecule has 2 heterocycles. The van der Waals surface area contributed by atoms with Crippen molar-refractivity contribution in [3.63, 3.8) is 0 Å². The average molecular weight is 268 g/mol. The highest BCUT2D eigenvalue weighted by molar-refractivity contribution is 5.62. The van der Waals surface area contributed by atoms with E-state index in [1.165, 1.54) is 0 Å². The monoisotopic (exact) mass is 268 g/mol. The van der Waals surface area contributed by atoms with Gasteiger partial charge in [0.05, 0.1) is 11.0 Å². The summed E-state index contributed by atoms with van der Waals surface area (Å²) in [5.41, 5.74) is 0.628. The molecule has 1 aromatic rings. The molecule has 1 aliphatic heterocycles. The molecule has 0 aromatic carbocycles. The van der Waals surface area contributed by atoms with Crippen molar-refractivity contribution >= 4 is 11.5 Å². The molecule has 2 rings (SSSR count). The summed E-state index contributed by atoms with van der Waals surface area (Å²) in [5, 5.41) is 25.3. The van der Waals surface area contributed by atoms with Gasteiger partial charge in [0.25, 0.3) is 0 Å². The number of hydrogen-bond acceptors (Lipinski definition) is 5. The quantitative estimate of drug-likeness (QED) is 0.656. The molecule has 1 atom stereocenters. The van der Waals surface area contributed by atoms with Crippen molar-refractivity contribution in [3.05, 3.63) is 15.8 Å². The maximum atomic E-state index is 11.3. The van der Waals surface area contributed by atoms with Crippen molar-refractivity contribution in [1.82, 2.24) is 9.78 Å². The van der Waals surface area contributed by atoms with Gasteiger partial charge in [-0.25, -0.2) is 4.68 Å². The maximum absolute atomic E-state index is 11.3. The van der Waals surface area contributed by atoms with Crippen LogP contribution in [0.5, 0.6) is 0 Å². The molecule has 0 spiro atoms. The maximum Gasteiger partial charge on any atom is 0.334 e. The van der Waals surface area contributed by atoms with Gasteiger partial charge in [-0.15, -0.1) is 0 Å². The lowest BCUT2D eigenvalue weighted by Gasteiger charge is -2.30. The number of anilines is 1. The molecule has 0 amide bonds. The number of nitrogens with zero attached hydrogens (tertiary/aromatic N) is 4. The van der Waals surface area contributed by atoms with Gasteiger partial charge < -0.3 is 10.0 Å². The summed E-state index contributed by atoms with van der Waals surface area (Å²) >= 11 is 0. The van der Waals surface area contributed by atoms with Crippen molar-refractivity contribution in [3.8, 4) is 0 Å². The number of aliphatic hydroxyl groups excluding tert-OH is 1. The minimum absolute atomic E-state index is 0.0958. The Kier molecular flexibility index (Phi) is 4.04. The molecule has 0 aliphatic carbocycles. The Hall–Kier alpha value is -1.63. The predicted octanol–water partition coefficient (Wildman–Crippen LogP) is 1.24. The minimum Gasteiger partial charge on any atom is -0.391 e. The topological polar surface area (TPSA) is 84.4 Å². The second kappa shape index (κ2) is 5.56. The van der Waals surface area contributed by atoms with Gasteiger partial charge in [-0.3, -0.25) is 10.1 Å². The number of hydrogen-bond donors (Lipinski definition) is 1. The van der Waals surface area contributed by atoms with E-state index in [4.69, 9.17) is 0 Å². The van der Waals surface area contributed by atoms with E-state index in [0.29, 0.717) is 24.5 Å². The lowest BCUT2D eigenvalue weighted by molar-refractivity contribution is -0.384. The van der Waals surface area contributed by atoms with Crippen LogP contribution in [0.2, 0.25) is 0 Å². The van der Waals surface area contributed by atoms with Gasteiger partial charge in [0.2, 0.25) is 5.82 Å². The molecule has 0 radical (unpaired) electrons. The molecule has 7 heteroatoms. The molecule has 1 saturated heterocycles. The van der Waals surface area contributed by atoms with E-state index in [-0.39, 0.29) is 10.6 Å². The van der Waals surface area contributed by atoms with Gasteiger partial charge in [0, 0.05) is 20.1 Å². The van der Waals surface area contributed by atoms with Gasteiger partial charge in [-0.05, 0) is 19.3 Å². The number of aromatic nitrogens is 2. The van der Waals surface area contributed by atoms with Crippen LogP contribution in [0, 0.1) is 10.1 Å². The first kappa shape index (κ1) is 13.8. The molecular formula is C12H20N4O3. The highest BCUT2D eigenvalue weighted by Gasteiger charge is 2.32. The van der Waals surface area contributed by atoms with Crippen molar-refractivity contribution in [1.29, 1.82) is 0 Å². The molecule has 1 fully saturated rings. The van der Waals surface area contributed by atoms with Crippen molar-refractivity contribution in [2.75, 3.05) is 18.0 Å². The summed E-state index contributed by atoms with van der Waals surface area (Å²) in [5.74, 6) is 0.521. The van der Waals surface area contributed by atoms with E-state index in [9.17, 15) is 15.2 Å². The van der Waals surface area contributed by atoms with Gasteiger partial charge in [0.1, 0.15) is 5.69 Å². The van der Waals surface area contributed by atoms with E-state index in [1.807, 2.05) is 11.8 Å². The van der Waals surface area contributed by atoms with E-state index >= 15 is 0 Å². The van der Waals surface area contributed by atoms with Crippen LogP contribution in [0.15, 0.2) is 0 Å². The number of rotatable bonds is 4. The summed E-state index contributed by atoms with van der Waals surface area (Å²) in [4.78, 5) is 12.8. The summed E-state index contributed by atoms with van der Waals surface area (Å²) in [6, 6.07) is 0. The third-order valence-electron chi connectivity index (χ3n) is 3.43. The van der Waals surface area contributed by atoms with Crippen molar-refractivity contribution in [2.24, 2.45) is 7.05 Å². The Morgan fingerprint density at radius 1 is 1.58 bits per heavy atom. The third kappa shape index (κ3) is 2.70. The average Bonchev–Trinajstić information content (AvgIpc) is 2.66. The Balaban J connectivity index is 2.40. The Labute approximate surface area is 112 Å². The fraction of sp³-hybridized carbons (Fsp3) is 0.750. The summed E-state index contributed by atoms with van der Waals surface area (Å²) < 4.78 is 1.57. The number of nitro groups is 1. The van der Waals surface area contributed by atoms with Crippen LogP contribution < -0.4 is 4.90 Å². The largest absolute Gasteiger partial charge is 0.391 e.